The Hall–Kier alpha value is -1.70. The Morgan fingerprint density at radius 1 is 0.846 bits per heavy atom. The van der Waals surface area contributed by atoms with Crippen molar-refractivity contribution in [2.75, 3.05) is 0 Å². The zero-order valence-corrected chi connectivity index (χ0v) is 7.44. The molecule has 0 saturated carbocycles. The molecule has 1 aromatic heterocycles. The van der Waals surface area contributed by atoms with E-state index in [0.29, 0.717) is 0 Å². The molecule has 1 aromatic carbocycles. The van der Waals surface area contributed by atoms with Crippen molar-refractivity contribution >= 4 is 0 Å². The van der Waals surface area contributed by atoms with Gasteiger partial charge in [0.15, 0.2) is 0 Å². The predicted octanol–water partition coefficient (Wildman–Crippen LogP) is 2.45. The number of aryl methyl sites for hydroxylation is 1. The van der Waals surface area contributed by atoms with Gasteiger partial charge in [0.2, 0.25) is 0 Å². The zero-order chi connectivity index (χ0) is 9.10. The Kier molecular flexibility index (Phi) is 2.04. The van der Waals surface area contributed by atoms with Crippen LogP contribution in [0.2, 0.25) is 0 Å². The largest absolute Gasteiger partial charge is 0.244 e. The van der Waals surface area contributed by atoms with Crippen molar-refractivity contribution in [3.8, 4) is 11.1 Å². The first-order valence-electron chi connectivity index (χ1n) is 4.18. The predicted molar refractivity (Wildman–Crippen MR) is 52.2 cm³/mol. The van der Waals surface area contributed by atoms with Gasteiger partial charge in [0.05, 0.1) is 0 Å². The molecular weight excluding hydrogens is 160 g/mol. The molecule has 0 amide bonds. The van der Waals surface area contributed by atoms with Crippen LogP contribution in [0.1, 0.15) is 5.56 Å². The Morgan fingerprint density at radius 3 is 2.08 bits per heavy atom. The normalized spacial score (nSPS) is 9.92. The smallest absolute Gasteiger partial charge is 0.115 e. The van der Waals surface area contributed by atoms with Crippen molar-refractivity contribution in [2.45, 2.75) is 6.92 Å². The number of nitrogens with zero attached hydrogens (tertiary/aromatic N) is 2. The summed E-state index contributed by atoms with van der Waals surface area (Å²) in [4.78, 5) is 7.94. The summed E-state index contributed by atoms with van der Waals surface area (Å²) < 4.78 is 0. The first-order chi connectivity index (χ1) is 6.36. The fraction of sp³-hybridized carbons (Fsp3) is 0.0909. The summed E-state index contributed by atoms with van der Waals surface area (Å²) in [6, 6.07) is 8.33. The minimum absolute atomic E-state index is 1.06. The van der Waals surface area contributed by atoms with E-state index in [4.69, 9.17) is 0 Å². The van der Waals surface area contributed by atoms with E-state index in [0.717, 1.165) is 11.1 Å². The van der Waals surface area contributed by atoms with Gasteiger partial charge in [-0.05, 0) is 12.5 Å². The van der Waals surface area contributed by atoms with Crippen LogP contribution in [0.15, 0.2) is 43.0 Å². The lowest BCUT2D eigenvalue weighted by Gasteiger charge is -1.99. The Labute approximate surface area is 77.3 Å². The summed E-state index contributed by atoms with van der Waals surface area (Å²) in [5.41, 5.74) is 3.48. The fourth-order valence-electron chi connectivity index (χ4n) is 1.19. The molecule has 0 N–H and O–H groups in total. The summed E-state index contributed by atoms with van der Waals surface area (Å²) in [6.07, 6.45) is 5.17. The quantitative estimate of drug-likeness (QED) is 0.657. The Bertz CT molecular complexity index is 379. The summed E-state index contributed by atoms with van der Waals surface area (Å²) >= 11 is 0. The molecule has 0 radical (unpaired) electrons. The zero-order valence-electron chi connectivity index (χ0n) is 7.44. The number of hydrogen-bond acceptors (Lipinski definition) is 2. The highest BCUT2D eigenvalue weighted by Gasteiger charge is 1.95. The maximum absolute atomic E-state index is 3.97. The molecule has 0 fully saturated rings. The van der Waals surface area contributed by atoms with Gasteiger partial charge in [-0.2, -0.15) is 0 Å². The van der Waals surface area contributed by atoms with E-state index in [1.807, 2.05) is 12.4 Å². The molecule has 1 heterocycles. The lowest BCUT2D eigenvalue weighted by Crippen LogP contribution is -1.81. The molecular formula is C11H10N2. The van der Waals surface area contributed by atoms with Gasteiger partial charge in [0.1, 0.15) is 6.33 Å². The van der Waals surface area contributed by atoms with Gasteiger partial charge >= 0.3 is 0 Å². The maximum Gasteiger partial charge on any atom is 0.115 e. The highest BCUT2D eigenvalue weighted by molar-refractivity contribution is 5.61. The van der Waals surface area contributed by atoms with E-state index in [-0.39, 0.29) is 0 Å². The Balaban J connectivity index is 2.42. The van der Waals surface area contributed by atoms with E-state index >= 15 is 0 Å². The second-order valence-corrected chi connectivity index (χ2v) is 2.99. The minimum atomic E-state index is 1.06. The highest BCUT2D eigenvalue weighted by Crippen LogP contribution is 2.16. The highest BCUT2D eigenvalue weighted by atomic mass is 14.8. The molecule has 0 unspecified atom stereocenters. The molecule has 13 heavy (non-hydrogen) atoms. The third-order valence-corrected chi connectivity index (χ3v) is 1.95. The van der Waals surface area contributed by atoms with Crippen LogP contribution in [-0.2, 0) is 0 Å². The second kappa shape index (κ2) is 3.35. The topological polar surface area (TPSA) is 25.8 Å². The standard InChI is InChI=1S/C11H10N2/c1-9-2-4-10(5-3-9)11-6-12-8-13-7-11/h2-8H,1H3. The summed E-state index contributed by atoms with van der Waals surface area (Å²) in [6.45, 7) is 2.07. The lowest BCUT2D eigenvalue weighted by atomic mass is 10.1. The van der Waals surface area contributed by atoms with Gasteiger partial charge in [-0.3, -0.25) is 0 Å². The maximum atomic E-state index is 3.97. The van der Waals surface area contributed by atoms with E-state index < -0.39 is 0 Å². The molecule has 2 heteroatoms. The van der Waals surface area contributed by atoms with Gasteiger partial charge in [0.25, 0.3) is 0 Å². The van der Waals surface area contributed by atoms with Crippen LogP contribution in [0.25, 0.3) is 11.1 Å². The monoisotopic (exact) mass is 170 g/mol. The van der Waals surface area contributed by atoms with Crippen molar-refractivity contribution in [3.63, 3.8) is 0 Å². The van der Waals surface area contributed by atoms with Crippen LogP contribution in [0, 0.1) is 6.92 Å². The second-order valence-electron chi connectivity index (χ2n) is 2.99. The van der Waals surface area contributed by atoms with Crippen molar-refractivity contribution in [1.29, 1.82) is 0 Å². The third kappa shape index (κ3) is 1.72. The van der Waals surface area contributed by atoms with Crippen molar-refractivity contribution in [3.05, 3.63) is 48.5 Å². The third-order valence-electron chi connectivity index (χ3n) is 1.95. The van der Waals surface area contributed by atoms with Crippen molar-refractivity contribution in [2.24, 2.45) is 0 Å². The molecule has 0 aliphatic carbocycles. The van der Waals surface area contributed by atoms with Crippen molar-refractivity contribution < 1.29 is 0 Å². The molecule has 2 aromatic rings. The number of aromatic nitrogens is 2. The van der Waals surface area contributed by atoms with E-state index in [2.05, 4.69) is 41.2 Å². The van der Waals surface area contributed by atoms with Crippen LogP contribution in [0.5, 0.6) is 0 Å². The molecule has 2 rings (SSSR count). The molecule has 0 saturated heterocycles. The number of hydrogen-bond donors (Lipinski definition) is 0. The van der Waals surface area contributed by atoms with Crippen LogP contribution < -0.4 is 0 Å². The molecule has 0 atom stereocenters. The SMILES string of the molecule is Cc1ccc(-c2cncnc2)cc1. The van der Waals surface area contributed by atoms with Gasteiger partial charge < -0.3 is 0 Å². The minimum Gasteiger partial charge on any atom is -0.244 e. The van der Waals surface area contributed by atoms with Gasteiger partial charge in [-0.1, -0.05) is 29.8 Å². The molecule has 0 spiro atoms. The molecule has 64 valence electrons. The fourth-order valence-corrected chi connectivity index (χ4v) is 1.19. The van der Waals surface area contributed by atoms with Crippen LogP contribution in [0.4, 0.5) is 0 Å². The molecule has 0 aliphatic heterocycles. The Morgan fingerprint density at radius 2 is 1.46 bits per heavy atom. The molecule has 0 aliphatic rings. The van der Waals surface area contributed by atoms with E-state index in [9.17, 15) is 0 Å². The van der Waals surface area contributed by atoms with E-state index in [1.165, 1.54) is 11.9 Å². The lowest BCUT2D eigenvalue weighted by molar-refractivity contribution is 1.17. The van der Waals surface area contributed by atoms with E-state index in [1.54, 1.807) is 0 Å². The van der Waals surface area contributed by atoms with Crippen LogP contribution in [-0.4, -0.2) is 9.97 Å². The van der Waals surface area contributed by atoms with Gasteiger partial charge in [-0.25, -0.2) is 9.97 Å². The average Bonchev–Trinajstić information content (AvgIpc) is 2.20. The number of benzene rings is 1. The van der Waals surface area contributed by atoms with Crippen LogP contribution >= 0.6 is 0 Å². The van der Waals surface area contributed by atoms with Gasteiger partial charge in [0, 0.05) is 18.0 Å². The van der Waals surface area contributed by atoms with Crippen LogP contribution in [0.3, 0.4) is 0 Å². The first kappa shape index (κ1) is 7.92. The summed E-state index contributed by atoms with van der Waals surface area (Å²) in [5, 5.41) is 0. The average molecular weight is 170 g/mol. The molecule has 0 bridgehead atoms. The number of rotatable bonds is 1. The van der Waals surface area contributed by atoms with Crippen molar-refractivity contribution in [1.82, 2.24) is 9.97 Å². The molecule has 2 nitrogen and oxygen atoms in total. The summed E-state index contributed by atoms with van der Waals surface area (Å²) in [7, 11) is 0. The first-order valence-corrected chi connectivity index (χ1v) is 4.18. The summed E-state index contributed by atoms with van der Waals surface area (Å²) in [5.74, 6) is 0. The van der Waals surface area contributed by atoms with Gasteiger partial charge in [-0.15, -0.1) is 0 Å².